The first kappa shape index (κ1) is 15.0. The number of nitrogens with zero attached hydrogens (tertiary/aromatic N) is 4. The zero-order chi connectivity index (χ0) is 14.5. The summed E-state index contributed by atoms with van der Waals surface area (Å²) >= 11 is 0. The second kappa shape index (κ2) is 6.85. The highest BCUT2D eigenvalue weighted by Crippen LogP contribution is 2.10. The number of aromatic nitrogens is 2. The molecule has 1 aliphatic heterocycles. The lowest BCUT2D eigenvalue weighted by Gasteiger charge is -2.22. The smallest absolute Gasteiger partial charge is 0.293 e. The van der Waals surface area contributed by atoms with Crippen LogP contribution in [0.3, 0.4) is 0 Å². The first-order chi connectivity index (χ1) is 9.63. The van der Waals surface area contributed by atoms with Crippen LogP contribution in [0, 0.1) is 0 Å². The zero-order valence-electron chi connectivity index (χ0n) is 12.5. The Labute approximate surface area is 120 Å². The molecule has 6 heteroatoms. The molecule has 1 fully saturated rings. The van der Waals surface area contributed by atoms with Crippen LogP contribution < -0.4 is 16.2 Å². The minimum atomic E-state index is 0.00905. The lowest BCUT2D eigenvalue weighted by atomic mass is 10.3. The van der Waals surface area contributed by atoms with Crippen LogP contribution in [0.5, 0.6) is 0 Å². The Kier molecular flexibility index (Phi) is 5.14. The van der Waals surface area contributed by atoms with Gasteiger partial charge in [0.1, 0.15) is 0 Å². The standard InChI is InChI=1S/C14H25N5O/c1-12(2)19-9-5-16-13(14(19)20)18-7-3-6-17(8-4-15)10-11-18/h5,9,12H,3-4,6-8,10-11,15H2,1-2H3. The summed E-state index contributed by atoms with van der Waals surface area (Å²) in [6.45, 7) is 9.33. The lowest BCUT2D eigenvalue weighted by molar-refractivity contribution is 0.302. The number of rotatable bonds is 4. The molecule has 1 saturated heterocycles. The van der Waals surface area contributed by atoms with E-state index in [1.807, 2.05) is 13.8 Å². The van der Waals surface area contributed by atoms with Crippen molar-refractivity contribution in [3.8, 4) is 0 Å². The second-order valence-electron chi connectivity index (χ2n) is 5.53. The Morgan fingerprint density at radius 3 is 2.80 bits per heavy atom. The van der Waals surface area contributed by atoms with E-state index in [0.29, 0.717) is 12.4 Å². The quantitative estimate of drug-likeness (QED) is 0.858. The second-order valence-corrected chi connectivity index (χ2v) is 5.53. The predicted octanol–water partition coefficient (Wildman–Crippen LogP) is 0.295. The van der Waals surface area contributed by atoms with Gasteiger partial charge in [-0.1, -0.05) is 0 Å². The molecule has 0 bridgehead atoms. The van der Waals surface area contributed by atoms with Crippen molar-refractivity contribution in [3.05, 3.63) is 22.7 Å². The molecule has 0 radical (unpaired) electrons. The van der Waals surface area contributed by atoms with Gasteiger partial charge in [-0.3, -0.25) is 4.79 Å². The molecule has 0 amide bonds. The molecule has 0 unspecified atom stereocenters. The molecule has 0 spiro atoms. The number of hydrogen-bond acceptors (Lipinski definition) is 5. The van der Waals surface area contributed by atoms with Crippen LogP contribution in [-0.2, 0) is 0 Å². The Morgan fingerprint density at radius 2 is 2.10 bits per heavy atom. The summed E-state index contributed by atoms with van der Waals surface area (Å²) < 4.78 is 1.74. The average Bonchev–Trinajstić information content (AvgIpc) is 2.65. The van der Waals surface area contributed by atoms with Gasteiger partial charge in [0, 0.05) is 51.2 Å². The van der Waals surface area contributed by atoms with Crippen LogP contribution in [0.15, 0.2) is 17.2 Å². The Bertz CT molecular complexity index is 485. The molecule has 6 nitrogen and oxygen atoms in total. The molecule has 0 saturated carbocycles. The Balaban J connectivity index is 2.16. The summed E-state index contributed by atoms with van der Waals surface area (Å²) in [6, 6.07) is 0.157. The molecule has 0 aliphatic carbocycles. The minimum absolute atomic E-state index is 0.00905. The van der Waals surface area contributed by atoms with E-state index in [1.54, 1.807) is 17.0 Å². The maximum absolute atomic E-state index is 12.5. The maximum atomic E-state index is 12.5. The normalized spacial score (nSPS) is 17.5. The van der Waals surface area contributed by atoms with Gasteiger partial charge >= 0.3 is 0 Å². The topological polar surface area (TPSA) is 67.4 Å². The van der Waals surface area contributed by atoms with Crippen molar-refractivity contribution in [2.75, 3.05) is 44.2 Å². The van der Waals surface area contributed by atoms with Crippen molar-refractivity contribution in [3.63, 3.8) is 0 Å². The summed E-state index contributed by atoms with van der Waals surface area (Å²) in [5.74, 6) is 0.579. The van der Waals surface area contributed by atoms with Crippen molar-refractivity contribution < 1.29 is 0 Å². The zero-order valence-corrected chi connectivity index (χ0v) is 12.5. The van der Waals surface area contributed by atoms with E-state index in [0.717, 1.165) is 39.1 Å². The molecule has 2 rings (SSSR count). The van der Waals surface area contributed by atoms with Crippen molar-refractivity contribution >= 4 is 5.82 Å². The van der Waals surface area contributed by atoms with Gasteiger partial charge in [0.2, 0.25) is 0 Å². The van der Waals surface area contributed by atoms with E-state index in [9.17, 15) is 4.79 Å². The van der Waals surface area contributed by atoms with E-state index in [4.69, 9.17) is 5.73 Å². The highest BCUT2D eigenvalue weighted by molar-refractivity contribution is 5.36. The van der Waals surface area contributed by atoms with Gasteiger partial charge in [0.05, 0.1) is 0 Å². The maximum Gasteiger partial charge on any atom is 0.293 e. The summed E-state index contributed by atoms with van der Waals surface area (Å²) in [5.41, 5.74) is 5.62. The number of nitrogens with two attached hydrogens (primary N) is 1. The van der Waals surface area contributed by atoms with Crippen molar-refractivity contribution in [2.45, 2.75) is 26.3 Å². The molecule has 1 aromatic heterocycles. The molecular formula is C14H25N5O. The number of hydrogen-bond donors (Lipinski definition) is 1. The fourth-order valence-electron chi connectivity index (χ4n) is 2.63. The molecule has 1 aliphatic rings. The molecule has 112 valence electrons. The highest BCUT2D eigenvalue weighted by atomic mass is 16.1. The molecule has 0 atom stereocenters. The van der Waals surface area contributed by atoms with Crippen LogP contribution >= 0.6 is 0 Å². The van der Waals surface area contributed by atoms with E-state index in [-0.39, 0.29) is 11.6 Å². The van der Waals surface area contributed by atoms with Gasteiger partial charge in [0.25, 0.3) is 5.56 Å². The predicted molar refractivity (Wildman–Crippen MR) is 81.2 cm³/mol. The van der Waals surface area contributed by atoms with Gasteiger partial charge in [-0.05, 0) is 26.8 Å². The fourth-order valence-corrected chi connectivity index (χ4v) is 2.63. The lowest BCUT2D eigenvalue weighted by Crippen LogP contribution is -2.37. The summed E-state index contributed by atoms with van der Waals surface area (Å²) in [5, 5.41) is 0. The molecule has 2 heterocycles. The van der Waals surface area contributed by atoms with Crippen LogP contribution in [-0.4, -0.2) is 53.7 Å². The van der Waals surface area contributed by atoms with Crippen LogP contribution in [0.4, 0.5) is 5.82 Å². The Morgan fingerprint density at radius 1 is 1.30 bits per heavy atom. The van der Waals surface area contributed by atoms with E-state index in [1.165, 1.54) is 0 Å². The van der Waals surface area contributed by atoms with Gasteiger partial charge in [-0.2, -0.15) is 0 Å². The molecule has 2 N–H and O–H groups in total. The Hall–Kier alpha value is -1.40. The van der Waals surface area contributed by atoms with Crippen LogP contribution in [0.1, 0.15) is 26.3 Å². The van der Waals surface area contributed by atoms with Gasteiger partial charge in [0.15, 0.2) is 5.82 Å². The van der Waals surface area contributed by atoms with Gasteiger partial charge in [-0.15, -0.1) is 0 Å². The molecule has 20 heavy (non-hydrogen) atoms. The van der Waals surface area contributed by atoms with E-state index in [2.05, 4.69) is 14.8 Å². The highest BCUT2D eigenvalue weighted by Gasteiger charge is 2.19. The summed E-state index contributed by atoms with van der Waals surface area (Å²) in [4.78, 5) is 21.2. The van der Waals surface area contributed by atoms with E-state index < -0.39 is 0 Å². The van der Waals surface area contributed by atoms with Gasteiger partial charge < -0.3 is 20.1 Å². The monoisotopic (exact) mass is 279 g/mol. The van der Waals surface area contributed by atoms with E-state index >= 15 is 0 Å². The molecular weight excluding hydrogens is 254 g/mol. The van der Waals surface area contributed by atoms with Gasteiger partial charge in [-0.25, -0.2) is 4.98 Å². The third-order valence-corrected chi connectivity index (χ3v) is 3.74. The molecule has 0 aromatic carbocycles. The minimum Gasteiger partial charge on any atom is -0.351 e. The first-order valence-corrected chi connectivity index (χ1v) is 7.38. The van der Waals surface area contributed by atoms with Crippen molar-refractivity contribution in [1.29, 1.82) is 0 Å². The van der Waals surface area contributed by atoms with Crippen LogP contribution in [0.25, 0.3) is 0 Å². The van der Waals surface area contributed by atoms with Crippen LogP contribution in [0.2, 0.25) is 0 Å². The third-order valence-electron chi connectivity index (χ3n) is 3.74. The fraction of sp³-hybridized carbons (Fsp3) is 0.714. The summed E-state index contributed by atoms with van der Waals surface area (Å²) in [6.07, 6.45) is 4.52. The summed E-state index contributed by atoms with van der Waals surface area (Å²) in [7, 11) is 0. The van der Waals surface area contributed by atoms with Crippen molar-refractivity contribution in [2.24, 2.45) is 5.73 Å². The average molecular weight is 279 g/mol. The number of anilines is 1. The first-order valence-electron chi connectivity index (χ1n) is 7.38. The molecule has 1 aromatic rings. The SMILES string of the molecule is CC(C)n1ccnc(N2CCCN(CCN)CC2)c1=O. The van der Waals surface area contributed by atoms with Crippen molar-refractivity contribution in [1.82, 2.24) is 14.5 Å². The largest absolute Gasteiger partial charge is 0.351 e. The third kappa shape index (κ3) is 3.37.